The molecule has 1 aromatic carbocycles. The number of allylic oxidation sites excluding steroid dienone is 2. The second-order valence-electron chi connectivity index (χ2n) is 6.35. The number of carbonyl (C=O) groups excluding carboxylic acids is 1. The quantitative estimate of drug-likeness (QED) is 0.662. The number of benzene rings is 1. The van der Waals surface area contributed by atoms with E-state index in [2.05, 4.69) is 15.5 Å². The van der Waals surface area contributed by atoms with E-state index in [0.29, 0.717) is 29.1 Å². The number of ether oxygens (including phenoxy) is 1. The number of carbonyl (C=O) groups is 2. The molecule has 4 N–H and O–H groups in total. The Bertz CT molecular complexity index is 967. The fourth-order valence-electron chi connectivity index (χ4n) is 3.60. The smallest absolute Gasteiger partial charge is 0.341 e. The fraction of sp³-hybridized carbons (Fsp3) is 0.278. The highest BCUT2D eigenvalue weighted by molar-refractivity contribution is 6.00. The SMILES string of the molecule is O=C(O)COc1ccc([C@H]2C3=C(CCCC3=O)Nc3[nH][nH]c(=O)c32)cc1. The van der Waals surface area contributed by atoms with Crippen molar-refractivity contribution >= 4 is 17.6 Å². The van der Waals surface area contributed by atoms with Gasteiger partial charge >= 0.3 is 5.97 Å². The summed E-state index contributed by atoms with van der Waals surface area (Å²) < 4.78 is 5.15. The molecule has 0 radical (unpaired) electrons. The van der Waals surface area contributed by atoms with E-state index < -0.39 is 18.5 Å². The van der Waals surface area contributed by atoms with Crippen molar-refractivity contribution in [2.24, 2.45) is 0 Å². The van der Waals surface area contributed by atoms with Crippen molar-refractivity contribution in [1.82, 2.24) is 10.2 Å². The van der Waals surface area contributed by atoms with Gasteiger partial charge in [-0.15, -0.1) is 0 Å². The number of carboxylic acid groups (broad SMARTS) is 1. The molecule has 1 aliphatic carbocycles. The molecular formula is C18H17N3O5. The van der Waals surface area contributed by atoms with Gasteiger partial charge < -0.3 is 15.2 Å². The van der Waals surface area contributed by atoms with Crippen molar-refractivity contribution in [2.75, 3.05) is 11.9 Å². The molecule has 0 saturated heterocycles. The molecule has 26 heavy (non-hydrogen) atoms. The number of ketones is 1. The number of hydrogen-bond acceptors (Lipinski definition) is 5. The number of fused-ring (bicyclic) bond motifs is 1. The van der Waals surface area contributed by atoms with E-state index in [0.717, 1.165) is 24.1 Å². The molecule has 0 spiro atoms. The second kappa shape index (κ2) is 6.21. The maximum atomic E-state index is 12.6. The van der Waals surface area contributed by atoms with Gasteiger partial charge in [0.1, 0.15) is 11.6 Å². The van der Waals surface area contributed by atoms with Crippen molar-refractivity contribution in [3.63, 3.8) is 0 Å². The first-order chi connectivity index (χ1) is 12.5. The molecule has 134 valence electrons. The number of nitrogens with one attached hydrogen (secondary N) is 3. The van der Waals surface area contributed by atoms with E-state index >= 15 is 0 Å². The molecule has 2 aliphatic rings. The van der Waals surface area contributed by atoms with Gasteiger partial charge in [0.15, 0.2) is 12.4 Å². The van der Waals surface area contributed by atoms with E-state index in [1.54, 1.807) is 24.3 Å². The highest BCUT2D eigenvalue weighted by Gasteiger charge is 2.37. The first kappa shape index (κ1) is 16.2. The van der Waals surface area contributed by atoms with Crippen molar-refractivity contribution in [3.8, 4) is 5.75 Å². The number of carboxylic acids is 1. The summed E-state index contributed by atoms with van der Waals surface area (Å²) in [6, 6.07) is 6.81. The molecular weight excluding hydrogens is 338 g/mol. The third kappa shape index (κ3) is 2.69. The normalized spacial score (nSPS) is 18.8. The summed E-state index contributed by atoms with van der Waals surface area (Å²) in [5, 5.41) is 17.3. The van der Waals surface area contributed by atoms with Gasteiger partial charge in [-0.1, -0.05) is 12.1 Å². The van der Waals surface area contributed by atoms with Crippen LogP contribution in [0.3, 0.4) is 0 Å². The zero-order chi connectivity index (χ0) is 18.3. The Kier molecular flexibility index (Phi) is 3.87. The Morgan fingerprint density at radius 3 is 2.65 bits per heavy atom. The predicted molar refractivity (Wildman–Crippen MR) is 92.3 cm³/mol. The van der Waals surface area contributed by atoms with Crippen LogP contribution in [0, 0.1) is 0 Å². The molecule has 2 aromatic rings. The molecule has 8 heteroatoms. The van der Waals surface area contributed by atoms with Gasteiger partial charge in [-0.2, -0.15) is 0 Å². The van der Waals surface area contributed by atoms with Crippen LogP contribution in [0.15, 0.2) is 40.3 Å². The molecule has 8 nitrogen and oxygen atoms in total. The number of hydrogen-bond donors (Lipinski definition) is 4. The van der Waals surface area contributed by atoms with Crippen molar-refractivity contribution in [3.05, 3.63) is 57.0 Å². The van der Waals surface area contributed by atoms with E-state index in [1.807, 2.05) is 0 Å². The predicted octanol–water partition coefficient (Wildman–Crippen LogP) is 1.73. The van der Waals surface area contributed by atoms with E-state index in [9.17, 15) is 14.4 Å². The minimum Gasteiger partial charge on any atom is -0.482 e. The number of aromatic nitrogens is 2. The molecule has 0 unspecified atom stereocenters. The molecule has 4 rings (SSSR count). The van der Waals surface area contributed by atoms with Gasteiger partial charge in [0.25, 0.3) is 5.56 Å². The molecule has 1 atom stereocenters. The largest absolute Gasteiger partial charge is 0.482 e. The fourth-order valence-corrected chi connectivity index (χ4v) is 3.60. The minimum absolute atomic E-state index is 0.0428. The van der Waals surface area contributed by atoms with E-state index in [-0.39, 0.29) is 11.3 Å². The summed E-state index contributed by atoms with van der Waals surface area (Å²) in [5.74, 6) is -0.477. The highest BCUT2D eigenvalue weighted by atomic mass is 16.5. The Hall–Kier alpha value is -3.29. The van der Waals surface area contributed by atoms with Gasteiger partial charge in [-0.05, 0) is 30.5 Å². The zero-order valence-corrected chi connectivity index (χ0v) is 13.8. The van der Waals surface area contributed by atoms with Crippen LogP contribution in [-0.2, 0) is 9.59 Å². The van der Waals surface area contributed by atoms with Crippen molar-refractivity contribution in [1.29, 1.82) is 0 Å². The van der Waals surface area contributed by atoms with Gasteiger partial charge in [-0.3, -0.25) is 19.8 Å². The number of anilines is 1. The molecule has 0 fully saturated rings. The van der Waals surface area contributed by atoms with Crippen molar-refractivity contribution in [2.45, 2.75) is 25.2 Å². The van der Waals surface area contributed by atoms with Crippen LogP contribution in [-0.4, -0.2) is 33.7 Å². The molecule has 0 amide bonds. The monoisotopic (exact) mass is 355 g/mol. The molecule has 1 aliphatic heterocycles. The summed E-state index contributed by atoms with van der Waals surface area (Å²) in [4.78, 5) is 35.5. The van der Waals surface area contributed by atoms with Crippen LogP contribution < -0.4 is 15.6 Å². The number of aromatic amines is 2. The molecule has 0 bridgehead atoms. The summed E-state index contributed by atoms with van der Waals surface area (Å²) in [6.45, 7) is -0.428. The number of rotatable bonds is 4. The van der Waals surface area contributed by atoms with Crippen LogP contribution in [0.25, 0.3) is 0 Å². The summed E-state index contributed by atoms with van der Waals surface area (Å²) >= 11 is 0. The van der Waals surface area contributed by atoms with Crippen LogP contribution in [0.4, 0.5) is 5.82 Å². The van der Waals surface area contributed by atoms with E-state index in [1.165, 1.54) is 0 Å². The highest BCUT2D eigenvalue weighted by Crippen LogP contribution is 2.43. The van der Waals surface area contributed by atoms with Crippen LogP contribution >= 0.6 is 0 Å². The maximum Gasteiger partial charge on any atom is 0.341 e. The summed E-state index contributed by atoms with van der Waals surface area (Å²) in [5.41, 5.74) is 2.48. The lowest BCUT2D eigenvalue weighted by atomic mass is 9.77. The lowest BCUT2D eigenvalue weighted by Crippen LogP contribution is -2.29. The average Bonchev–Trinajstić information content (AvgIpc) is 3.00. The maximum absolute atomic E-state index is 12.6. The zero-order valence-electron chi connectivity index (χ0n) is 13.8. The lowest BCUT2D eigenvalue weighted by molar-refractivity contribution is -0.139. The first-order valence-corrected chi connectivity index (χ1v) is 8.33. The third-order valence-corrected chi connectivity index (χ3v) is 4.70. The summed E-state index contributed by atoms with van der Waals surface area (Å²) in [6.07, 6.45) is 2.00. The molecule has 2 heterocycles. The van der Waals surface area contributed by atoms with Crippen LogP contribution in [0.1, 0.15) is 36.3 Å². The molecule has 0 saturated carbocycles. The summed E-state index contributed by atoms with van der Waals surface area (Å²) in [7, 11) is 0. The average molecular weight is 355 g/mol. The topological polar surface area (TPSA) is 124 Å². The van der Waals surface area contributed by atoms with E-state index in [4.69, 9.17) is 9.84 Å². The Balaban J connectivity index is 1.76. The Morgan fingerprint density at radius 1 is 1.15 bits per heavy atom. The Morgan fingerprint density at radius 2 is 1.92 bits per heavy atom. The standard InChI is InChI=1S/C18H17N3O5/c22-12-3-1-2-11-15(12)14(16-17(19-11)20-21-18(16)25)9-4-6-10(7-5-9)26-8-13(23)24/h4-7,14H,1-3,8H2,(H,23,24)(H3,19,20,21,25)/t14-/m0/s1. The van der Waals surface area contributed by atoms with Gasteiger partial charge in [0.05, 0.1) is 5.56 Å². The van der Waals surface area contributed by atoms with Crippen LogP contribution in [0.5, 0.6) is 5.75 Å². The number of Topliss-reactive ketones (excluding diaryl/α,β-unsaturated/α-hetero) is 1. The van der Waals surface area contributed by atoms with Gasteiger partial charge in [0, 0.05) is 23.6 Å². The number of H-pyrrole nitrogens is 2. The first-order valence-electron chi connectivity index (χ1n) is 8.33. The third-order valence-electron chi connectivity index (χ3n) is 4.70. The van der Waals surface area contributed by atoms with Gasteiger partial charge in [0.2, 0.25) is 0 Å². The van der Waals surface area contributed by atoms with Crippen molar-refractivity contribution < 1.29 is 19.4 Å². The molecule has 1 aromatic heterocycles. The minimum atomic E-state index is -1.06. The second-order valence-corrected chi connectivity index (χ2v) is 6.35. The Labute approximate surface area is 147 Å². The van der Waals surface area contributed by atoms with Gasteiger partial charge in [-0.25, -0.2) is 4.79 Å². The van der Waals surface area contributed by atoms with Crippen LogP contribution in [0.2, 0.25) is 0 Å². The lowest BCUT2D eigenvalue weighted by Gasteiger charge is -2.31. The number of aliphatic carboxylic acids is 1.